The average Bonchev–Trinajstić information content (AvgIpc) is 3.02. The van der Waals surface area contributed by atoms with E-state index in [2.05, 4.69) is 0 Å². The molecule has 17 heavy (non-hydrogen) atoms. The van der Waals surface area contributed by atoms with Gasteiger partial charge in [0.1, 0.15) is 22.3 Å². The van der Waals surface area contributed by atoms with Crippen LogP contribution in [-0.2, 0) is 0 Å². The Bertz CT molecular complexity index is 580. The van der Waals surface area contributed by atoms with E-state index in [9.17, 15) is 9.59 Å². The van der Waals surface area contributed by atoms with Crippen molar-refractivity contribution in [2.45, 2.75) is 12.8 Å². The number of fused-ring (bicyclic) bond motifs is 2. The molecule has 1 aliphatic heterocycles. The van der Waals surface area contributed by atoms with E-state index in [0.717, 1.165) is 12.8 Å². The second kappa shape index (κ2) is 3.48. The third kappa shape index (κ3) is 1.39. The molecule has 0 aliphatic carbocycles. The Morgan fingerprint density at radius 1 is 1.12 bits per heavy atom. The van der Waals surface area contributed by atoms with Crippen molar-refractivity contribution in [1.82, 2.24) is 4.90 Å². The van der Waals surface area contributed by atoms with Gasteiger partial charge in [0.15, 0.2) is 0 Å². The third-order valence-electron chi connectivity index (χ3n) is 3.17. The smallest absolute Gasteiger partial charge is 0.340 e. The van der Waals surface area contributed by atoms with Crippen molar-refractivity contribution in [3.63, 3.8) is 0 Å². The molecule has 3 heterocycles. The lowest BCUT2D eigenvalue weighted by molar-refractivity contribution is 0.0684. The first-order valence-corrected chi connectivity index (χ1v) is 5.56. The first-order chi connectivity index (χ1) is 8.18. The number of benzene rings is 1. The maximum absolute atomic E-state index is 12.2. The molecule has 3 rings (SSSR count). The van der Waals surface area contributed by atoms with Crippen LogP contribution in [0, 0.1) is 0 Å². The second-order valence-electron chi connectivity index (χ2n) is 4.22. The Balaban J connectivity index is 2.08. The highest BCUT2D eigenvalue weighted by Gasteiger charge is 2.31. The molecule has 0 spiro atoms. The van der Waals surface area contributed by atoms with E-state index in [1.54, 1.807) is 17.0 Å². The Morgan fingerprint density at radius 2 is 1.71 bits per heavy atom. The van der Waals surface area contributed by atoms with E-state index in [0.29, 0.717) is 18.7 Å². The minimum atomic E-state index is -1.11. The largest absolute Gasteiger partial charge is 0.478 e. The number of rotatable bonds is 2. The van der Waals surface area contributed by atoms with Gasteiger partial charge in [-0.15, -0.1) is 0 Å². The van der Waals surface area contributed by atoms with Crippen LogP contribution >= 0.6 is 0 Å². The number of carboxylic acids is 1. The van der Waals surface area contributed by atoms with Crippen LogP contribution in [-0.4, -0.2) is 35.0 Å². The number of nitrogens with zero attached hydrogens (tertiary/aromatic N) is 1. The van der Waals surface area contributed by atoms with Crippen molar-refractivity contribution in [2.24, 2.45) is 0 Å². The maximum Gasteiger partial charge on any atom is 0.340 e. The summed E-state index contributed by atoms with van der Waals surface area (Å²) >= 11 is 0. The fourth-order valence-corrected chi connectivity index (χ4v) is 2.36. The van der Waals surface area contributed by atoms with Crippen LogP contribution < -0.4 is 0 Å². The highest BCUT2D eigenvalue weighted by molar-refractivity contribution is 6.14. The van der Waals surface area contributed by atoms with Gasteiger partial charge in [0.05, 0.1) is 0 Å². The van der Waals surface area contributed by atoms with Crippen LogP contribution in [0.15, 0.2) is 16.5 Å². The lowest BCUT2D eigenvalue weighted by Crippen LogP contribution is -2.28. The summed E-state index contributed by atoms with van der Waals surface area (Å²) in [6.07, 6.45) is 1.95. The SMILES string of the molecule is O=C(O)c1c(C(=O)N2CCCC2)c2ccc1o2. The van der Waals surface area contributed by atoms with Crippen molar-refractivity contribution < 1.29 is 19.1 Å². The van der Waals surface area contributed by atoms with E-state index < -0.39 is 5.97 Å². The normalized spacial score (nSPS) is 15.9. The van der Waals surface area contributed by atoms with Gasteiger partial charge in [-0.05, 0) is 25.0 Å². The molecular formula is C12H11NO4. The van der Waals surface area contributed by atoms with E-state index in [1.165, 1.54) is 0 Å². The zero-order valence-electron chi connectivity index (χ0n) is 9.10. The number of amides is 1. The predicted molar refractivity (Wildman–Crippen MR) is 59.5 cm³/mol. The molecule has 88 valence electrons. The molecule has 0 aromatic carbocycles. The fraction of sp³-hybridized carbons (Fsp3) is 0.333. The third-order valence-corrected chi connectivity index (χ3v) is 3.17. The summed E-state index contributed by atoms with van der Waals surface area (Å²) in [7, 11) is 0. The van der Waals surface area contributed by atoms with Crippen molar-refractivity contribution in [2.75, 3.05) is 13.1 Å². The van der Waals surface area contributed by atoms with Crippen molar-refractivity contribution >= 4 is 23.0 Å². The zero-order valence-corrected chi connectivity index (χ0v) is 9.10. The summed E-state index contributed by atoms with van der Waals surface area (Å²) in [5.41, 5.74) is 0.848. The number of hydrogen-bond donors (Lipinski definition) is 1. The lowest BCUT2D eigenvalue weighted by atomic mass is 10.1. The summed E-state index contributed by atoms with van der Waals surface area (Å²) in [5.74, 6) is -1.34. The Hall–Kier alpha value is -2.04. The van der Waals surface area contributed by atoms with Gasteiger partial charge < -0.3 is 14.4 Å². The predicted octanol–water partition coefficient (Wildman–Crippen LogP) is 1.80. The Kier molecular flexibility index (Phi) is 2.07. The van der Waals surface area contributed by atoms with Crippen LogP contribution in [0.2, 0.25) is 0 Å². The monoisotopic (exact) mass is 233 g/mol. The van der Waals surface area contributed by atoms with E-state index >= 15 is 0 Å². The van der Waals surface area contributed by atoms with Crippen LogP contribution in [0.1, 0.15) is 33.6 Å². The molecule has 1 N–H and O–H groups in total. The van der Waals surface area contributed by atoms with Crippen molar-refractivity contribution in [3.05, 3.63) is 23.3 Å². The number of aromatic carboxylic acids is 1. The summed E-state index contributed by atoms with van der Waals surface area (Å²) < 4.78 is 5.26. The van der Waals surface area contributed by atoms with Gasteiger partial charge in [-0.1, -0.05) is 0 Å². The van der Waals surface area contributed by atoms with Gasteiger partial charge in [0, 0.05) is 13.1 Å². The molecule has 0 radical (unpaired) electrons. The van der Waals surface area contributed by atoms with Gasteiger partial charge in [-0.25, -0.2) is 4.79 Å². The minimum absolute atomic E-state index is 0.000556. The molecule has 0 unspecified atom stereocenters. The van der Waals surface area contributed by atoms with Gasteiger partial charge >= 0.3 is 5.97 Å². The second-order valence-corrected chi connectivity index (χ2v) is 4.22. The molecule has 5 nitrogen and oxygen atoms in total. The van der Waals surface area contributed by atoms with E-state index in [4.69, 9.17) is 9.52 Å². The Labute approximate surface area is 96.9 Å². The minimum Gasteiger partial charge on any atom is -0.478 e. The molecular weight excluding hydrogens is 222 g/mol. The van der Waals surface area contributed by atoms with Crippen LogP contribution in [0.4, 0.5) is 0 Å². The van der Waals surface area contributed by atoms with Crippen molar-refractivity contribution in [3.8, 4) is 0 Å². The van der Waals surface area contributed by atoms with E-state index in [-0.39, 0.29) is 22.6 Å². The molecule has 1 amide bonds. The summed E-state index contributed by atoms with van der Waals surface area (Å²) in [6.45, 7) is 1.39. The highest BCUT2D eigenvalue weighted by atomic mass is 16.4. The molecule has 2 aromatic rings. The molecule has 1 aliphatic rings. The zero-order chi connectivity index (χ0) is 12.0. The number of furan rings is 2. The quantitative estimate of drug-likeness (QED) is 0.858. The first kappa shape index (κ1) is 10.1. The molecule has 0 saturated carbocycles. The average molecular weight is 233 g/mol. The number of carbonyl (C=O) groups excluding carboxylic acids is 1. The van der Waals surface area contributed by atoms with Gasteiger partial charge in [-0.3, -0.25) is 4.79 Å². The lowest BCUT2D eigenvalue weighted by Gasteiger charge is -2.14. The summed E-state index contributed by atoms with van der Waals surface area (Å²) in [5, 5.41) is 9.12. The van der Waals surface area contributed by atoms with Gasteiger partial charge in [0.2, 0.25) is 0 Å². The number of carboxylic acid groups (broad SMARTS) is 1. The van der Waals surface area contributed by atoms with E-state index in [1.807, 2.05) is 0 Å². The number of carbonyl (C=O) groups is 2. The summed E-state index contributed by atoms with van der Waals surface area (Å²) in [4.78, 5) is 25.0. The molecule has 0 atom stereocenters. The van der Waals surface area contributed by atoms with Gasteiger partial charge in [0.25, 0.3) is 5.91 Å². The molecule has 2 bridgehead atoms. The highest BCUT2D eigenvalue weighted by Crippen LogP contribution is 2.30. The first-order valence-electron chi connectivity index (χ1n) is 5.56. The molecule has 1 saturated heterocycles. The molecule has 2 aromatic heterocycles. The maximum atomic E-state index is 12.2. The van der Waals surface area contributed by atoms with Crippen LogP contribution in [0.25, 0.3) is 11.2 Å². The van der Waals surface area contributed by atoms with Crippen molar-refractivity contribution in [1.29, 1.82) is 0 Å². The van der Waals surface area contributed by atoms with Crippen LogP contribution in [0.5, 0.6) is 0 Å². The standard InChI is InChI=1S/C12H11NO4/c14-11(13-5-1-2-6-13)9-7-3-4-8(17-7)10(9)12(15)16/h3-4H,1-2,5-6H2,(H,15,16). The Morgan fingerprint density at radius 3 is 2.29 bits per heavy atom. The number of hydrogen-bond acceptors (Lipinski definition) is 3. The molecule has 1 fully saturated rings. The number of likely N-dealkylation sites (tertiary alicyclic amines) is 1. The summed E-state index contributed by atoms with van der Waals surface area (Å²) in [6, 6.07) is 3.23. The van der Waals surface area contributed by atoms with Gasteiger partial charge in [-0.2, -0.15) is 0 Å². The van der Waals surface area contributed by atoms with Crippen LogP contribution in [0.3, 0.4) is 0 Å². The topological polar surface area (TPSA) is 70.8 Å². The fourth-order valence-electron chi connectivity index (χ4n) is 2.36. The molecule has 5 heteroatoms.